The van der Waals surface area contributed by atoms with Gasteiger partial charge in [-0.1, -0.05) is 0 Å². The molecule has 1 aromatic heterocycles. The standard InChI is InChI=1S/C13H16N2O4/c1-18-7-10(19-2)6-15-8-14-11-4-3-9(13(16)17)5-12(11)15/h3-5,8,10H,6-7H2,1-2H3,(H,16,17). The van der Waals surface area contributed by atoms with E-state index in [2.05, 4.69) is 4.98 Å². The van der Waals surface area contributed by atoms with Crippen LogP contribution < -0.4 is 0 Å². The number of methoxy groups -OCH3 is 2. The van der Waals surface area contributed by atoms with Crippen molar-refractivity contribution in [2.75, 3.05) is 20.8 Å². The van der Waals surface area contributed by atoms with Gasteiger partial charge in [0.05, 0.1) is 42.2 Å². The normalized spacial score (nSPS) is 12.7. The van der Waals surface area contributed by atoms with Gasteiger partial charge in [-0.05, 0) is 18.2 Å². The maximum absolute atomic E-state index is 11.0. The maximum Gasteiger partial charge on any atom is 0.335 e. The number of nitrogens with zero attached hydrogens (tertiary/aromatic N) is 2. The lowest BCUT2D eigenvalue weighted by Gasteiger charge is -2.15. The van der Waals surface area contributed by atoms with Crippen LogP contribution in [0.15, 0.2) is 24.5 Å². The molecular formula is C13H16N2O4. The van der Waals surface area contributed by atoms with Crippen LogP contribution in [0.5, 0.6) is 0 Å². The largest absolute Gasteiger partial charge is 0.478 e. The number of carbonyl (C=O) groups is 1. The third-order valence-electron chi connectivity index (χ3n) is 2.95. The molecule has 0 radical (unpaired) electrons. The van der Waals surface area contributed by atoms with Crippen molar-refractivity contribution in [2.45, 2.75) is 12.6 Å². The van der Waals surface area contributed by atoms with Gasteiger partial charge in [-0.2, -0.15) is 0 Å². The molecule has 1 heterocycles. The van der Waals surface area contributed by atoms with Gasteiger partial charge in [0.25, 0.3) is 0 Å². The van der Waals surface area contributed by atoms with E-state index in [9.17, 15) is 4.79 Å². The Morgan fingerprint density at radius 2 is 2.26 bits per heavy atom. The number of carboxylic acids is 1. The van der Waals surface area contributed by atoms with Gasteiger partial charge in [0, 0.05) is 14.2 Å². The second-order valence-corrected chi connectivity index (χ2v) is 4.22. The van der Waals surface area contributed by atoms with Crippen molar-refractivity contribution in [3.63, 3.8) is 0 Å². The van der Waals surface area contributed by atoms with Crippen LogP contribution >= 0.6 is 0 Å². The molecule has 0 bridgehead atoms. The number of imidazole rings is 1. The molecule has 0 amide bonds. The number of fused-ring (bicyclic) bond motifs is 1. The summed E-state index contributed by atoms with van der Waals surface area (Å²) < 4.78 is 12.2. The van der Waals surface area contributed by atoms with Crippen LogP contribution in [0.4, 0.5) is 0 Å². The van der Waals surface area contributed by atoms with Gasteiger partial charge in [0.15, 0.2) is 0 Å². The highest BCUT2D eigenvalue weighted by Gasteiger charge is 2.12. The third kappa shape index (κ3) is 2.91. The fourth-order valence-corrected chi connectivity index (χ4v) is 1.94. The van der Waals surface area contributed by atoms with E-state index in [4.69, 9.17) is 14.6 Å². The molecule has 0 aliphatic heterocycles. The number of aromatic carboxylic acids is 1. The minimum absolute atomic E-state index is 0.101. The lowest BCUT2D eigenvalue weighted by atomic mass is 10.2. The first-order chi connectivity index (χ1) is 9.15. The van der Waals surface area contributed by atoms with Crippen LogP contribution in [0.3, 0.4) is 0 Å². The summed E-state index contributed by atoms with van der Waals surface area (Å²) in [5.41, 5.74) is 1.78. The zero-order chi connectivity index (χ0) is 13.8. The first-order valence-electron chi connectivity index (χ1n) is 5.85. The molecular weight excluding hydrogens is 248 g/mol. The van der Waals surface area contributed by atoms with E-state index in [1.807, 2.05) is 4.57 Å². The predicted octanol–water partition coefficient (Wildman–Crippen LogP) is 1.40. The molecule has 6 nitrogen and oxygen atoms in total. The van der Waals surface area contributed by atoms with Crippen LogP contribution in [-0.4, -0.2) is 47.6 Å². The van der Waals surface area contributed by atoms with E-state index >= 15 is 0 Å². The van der Waals surface area contributed by atoms with Gasteiger partial charge < -0.3 is 19.1 Å². The summed E-state index contributed by atoms with van der Waals surface area (Å²) in [4.78, 5) is 15.2. The fourth-order valence-electron chi connectivity index (χ4n) is 1.94. The van der Waals surface area contributed by atoms with Crippen molar-refractivity contribution in [3.05, 3.63) is 30.1 Å². The first-order valence-corrected chi connectivity index (χ1v) is 5.85. The molecule has 2 rings (SSSR count). The topological polar surface area (TPSA) is 73.6 Å². The average Bonchev–Trinajstić information content (AvgIpc) is 2.80. The molecule has 0 aliphatic rings. The van der Waals surface area contributed by atoms with Gasteiger partial charge >= 0.3 is 5.97 Å². The molecule has 0 saturated heterocycles. The van der Waals surface area contributed by atoms with E-state index < -0.39 is 5.97 Å². The number of hydrogen-bond acceptors (Lipinski definition) is 4. The van der Waals surface area contributed by atoms with E-state index in [0.717, 1.165) is 11.0 Å². The summed E-state index contributed by atoms with van der Waals surface area (Å²) in [5, 5.41) is 9.01. The summed E-state index contributed by atoms with van der Waals surface area (Å²) in [6.07, 6.45) is 1.58. The van der Waals surface area contributed by atoms with Crippen molar-refractivity contribution in [1.29, 1.82) is 0 Å². The Balaban J connectivity index is 2.32. The Hall–Kier alpha value is -1.92. The molecule has 6 heteroatoms. The lowest BCUT2D eigenvalue weighted by molar-refractivity contribution is 0.0190. The Bertz CT molecular complexity index is 579. The highest BCUT2D eigenvalue weighted by Crippen LogP contribution is 2.16. The van der Waals surface area contributed by atoms with Gasteiger partial charge in [-0.25, -0.2) is 9.78 Å². The Morgan fingerprint density at radius 3 is 2.89 bits per heavy atom. The van der Waals surface area contributed by atoms with Crippen LogP contribution in [0.1, 0.15) is 10.4 Å². The quantitative estimate of drug-likeness (QED) is 0.853. The minimum Gasteiger partial charge on any atom is -0.478 e. The maximum atomic E-state index is 11.0. The van der Waals surface area contributed by atoms with Crippen molar-refractivity contribution < 1.29 is 19.4 Å². The second-order valence-electron chi connectivity index (χ2n) is 4.22. The van der Waals surface area contributed by atoms with Gasteiger partial charge in [0.2, 0.25) is 0 Å². The minimum atomic E-state index is -0.949. The highest BCUT2D eigenvalue weighted by atomic mass is 16.5. The number of carboxylic acid groups (broad SMARTS) is 1. The van der Waals surface area contributed by atoms with Crippen LogP contribution in [0.2, 0.25) is 0 Å². The van der Waals surface area contributed by atoms with Crippen molar-refractivity contribution in [3.8, 4) is 0 Å². The van der Waals surface area contributed by atoms with Crippen molar-refractivity contribution >= 4 is 17.0 Å². The highest BCUT2D eigenvalue weighted by molar-refractivity contribution is 5.92. The number of benzene rings is 1. The van der Waals surface area contributed by atoms with Crippen molar-refractivity contribution in [1.82, 2.24) is 9.55 Å². The molecule has 19 heavy (non-hydrogen) atoms. The second kappa shape index (κ2) is 5.81. The first kappa shape index (κ1) is 13.5. The average molecular weight is 264 g/mol. The number of ether oxygens (including phenoxy) is 2. The fraction of sp³-hybridized carbons (Fsp3) is 0.385. The molecule has 1 unspecified atom stereocenters. The molecule has 1 atom stereocenters. The summed E-state index contributed by atoms with van der Waals surface area (Å²) in [5.74, 6) is -0.949. The molecule has 2 aromatic rings. The zero-order valence-corrected chi connectivity index (χ0v) is 10.9. The lowest BCUT2D eigenvalue weighted by Crippen LogP contribution is -2.23. The molecule has 0 saturated carbocycles. The van der Waals surface area contributed by atoms with E-state index in [1.54, 1.807) is 38.7 Å². The summed E-state index contributed by atoms with van der Waals surface area (Å²) in [6, 6.07) is 4.86. The summed E-state index contributed by atoms with van der Waals surface area (Å²) >= 11 is 0. The Labute approximate surface area is 110 Å². The third-order valence-corrected chi connectivity index (χ3v) is 2.95. The monoisotopic (exact) mass is 264 g/mol. The van der Waals surface area contributed by atoms with Crippen LogP contribution in [0, 0.1) is 0 Å². The Kier molecular flexibility index (Phi) is 4.13. The molecule has 0 fully saturated rings. The zero-order valence-electron chi connectivity index (χ0n) is 10.9. The van der Waals surface area contributed by atoms with Gasteiger partial charge in [-0.3, -0.25) is 0 Å². The molecule has 0 spiro atoms. The Morgan fingerprint density at radius 1 is 1.47 bits per heavy atom. The molecule has 1 aromatic carbocycles. The predicted molar refractivity (Wildman–Crippen MR) is 69.4 cm³/mol. The van der Waals surface area contributed by atoms with Crippen LogP contribution in [-0.2, 0) is 16.0 Å². The molecule has 1 N–H and O–H groups in total. The number of rotatable bonds is 6. The molecule has 102 valence electrons. The summed E-state index contributed by atoms with van der Waals surface area (Å²) in [7, 11) is 3.23. The SMILES string of the molecule is COCC(Cn1cnc2ccc(C(=O)O)cc21)OC. The smallest absolute Gasteiger partial charge is 0.335 e. The molecule has 0 aliphatic carbocycles. The van der Waals surface area contributed by atoms with E-state index in [1.165, 1.54) is 0 Å². The van der Waals surface area contributed by atoms with Gasteiger partial charge in [0.1, 0.15) is 0 Å². The summed E-state index contributed by atoms with van der Waals surface area (Å²) in [6.45, 7) is 1.03. The van der Waals surface area contributed by atoms with E-state index in [0.29, 0.717) is 13.2 Å². The van der Waals surface area contributed by atoms with Crippen molar-refractivity contribution in [2.24, 2.45) is 0 Å². The number of hydrogen-bond donors (Lipinski definition) is 1. The van der Waals surface area contributed by atoms with Crippen LogP contribution in [0.25, 0.3) is 11.0 Å². The van der Waals surface area contributed by atoms with Gasteiger partial charge in [-0.15, -0.1) is 0 Å². The van der Waals surface area contributed by atoms with E-state index in [-0.39, 0.29) is 11.7 Å². The number of aromatic nitrogens is 2.